The van der Waals surface area contributed by atoms with Crippen LogP contribution in [0.15, 0.2) is 23.1 Å². The quantitative estimate of drug-likeness (QED) is 0.767. The van der Waals surface area contributed by atoms with Crippen molar-refractivity contribution in [3.05, 3.63) is 28.8 Å². The van der Waals surface area contributed by atoms with Gasteiger partial charge in [-0.2, -0.15) is 0 Å². The third-order valence-electron chi connectivity index (χ3n) is 3.39. The van der Waals surface area contributed by atoms with Gasteiger partial charge in [0.05, 0.1) is 4.90 Å². The Morgan fingerprint density at radius 3 is 2.57 bits per heavy atom. The first-order chi connectivity index (χ1) is 9.67. The van der Waals surface area contributed by atoms with Crippen LogP contribution in [0.1, 0.15) is 32.3 Å². The van der Waals surface area contributed by atoms with Crippen LogP contribution < -0.4 is 5.32 Å². The molecule has 0 saturated heterocycles. The average Bonchev–Trinajstić information content (AvgIpc) is 2.37. The van der Waals surface area contributed by atoms with Crippen LogP contribution in [0.3, 0.4) is 0 Å². The Bertz CT molecular complexity index is 570. The standard InChI is InChI=1S/C15H24ClNO3S/c1-15(2,8-5-9-18)11-17-10-12-13(16)6-4-7-14(12)21(3,19)20/h4,6-7,17-18H,5,8-11H2,1-3H3. The Kier molecular flexibility index (Phi) is 6.66. The maximum Gasteiger partial charge on any atom is 0.175 e. The fourth-order valence-electron chi connectivity index (χ4n) is 2.23. The minimum absolute atomic E-state index is 0.0369. The van der Waals surface area contributed by atoms with Crippen LogP contribution in [0.2, 0.25) is 5.02 Å². The molecule has 4 nitrogen and oxygen atoms in total. The molecular formula is C15H24ClNO3S. The summed E-state index contributed by atoms with van der Waals surface area (Å²) in [5.41, 5.74) is 0.648. The van der Waals surface area contributed by atoms with Gasteiger partial charge in [-0.1, -0.05) is 31.5 Å². The monoisotopic (exact) mass is 333 g/mol. The van der Waals surface area contributed by atoms with E-state index in [-0.39, 0.29) is 16.9 Å². The molecule has 120 valence electrons. The number of benzene rings is 1. The average molecular weight is 334 g/mol. The molecule has 0 bridgehead atoms. The van der Waals surface area contributed by atoms with Gasteiger partial charge < -0.3 is 10.4 Å². The lowest BCUT2D eigenvalue weighted by Gasteiger charge is -2.25. The molecule has 0 atom stereocenters. The van der Waals surface area contributed by atoms with Crippen LogP contribution in [-0.4, -0.2) is 32.9 Å². The zero-order valence-electron chi connectivity index (χ0n) is 12.8. The summed E-state index contributed by atoms with van der Waals surface area (Å²) < 4.78 is 23.6. The molecule has 6 heteroatoms. The third kappa shape index (κ3) is 5.94. The Labute approximate surface area is 132 Å². The highest BCUT2D eigenvalue weighted by atomic mass is 35.5. The molecule has 0 aliphatic rings. The first-order valence-electron chi connectivity index (χ1n) is 6.96. The number of nitrogens with one attached hydrogen (secondary N) is 1. The van der Waals surface area contributed by atoms with Gasteiger partial charge in [0, 0.05) is 36.5 Å². The molecule has 2 N–H and O–H groups in total. The molecule has 1 aromatic carbocycles. The number of hydrogen-bond donors (Lipinski definition) is 2. The second-order valence-electron chi connectivity index (χ2n) is 6.08. The van der Waals surface area contributed by atoms with Gasteiger partial charge in [-0.25, -0.2) is 8.42 Å². The molecule has 1 aromatic rings. The number of aliphatic hydroxyl groups is 1. The van der Waals surface area contributed by atoms with Gasteiger partial charge >= 0.3 is 0 Å². The fraction of sp³-hybridized carbons (Fsp3) is 0.600. The minimum Gasteiger partial charge on any atom is -0.396 e. The first kappa shape index (κ1) is 18.4. The summed E-state index contributed by atoms with van der Waals surface area (Å²) in [6, 6.07) is 4.92. The predicted octanol–water partition coefficient (Wildman–Crippen LogP) is 2.63. The van der Waals surface area contributed by atoms with Gasteiger partial charge in [-0.05, 0) is 30.4 Å². The van der Waals surface area contributed by atoms with Crippen molar-refractivity contribution in [2.75, 3.05) is 19.4 Å². The van der Waals surface area contributed by atoms with Crippen LogP contribution >= 0.6 is 11.6 Å². The van der Waals surface area contributed by atoms with Crippen molar-refractivity contribution in [1.82, 2.24) is 5.32 Å². The highest BCUT2D eigenvalue weighted by molar-refractivity contribution is 7.90. The number of aliphatic hydroxyl groups excluding tert-OH is 1. The summed E-state index contributed by atoms with van der Waals surface area (Å²) in [5.74, 6) is 0. The Hall–Kier alpha value is -0.620. The van der Waals surface area contributed by atoms with Crippen molar-refractivity contribution in [2.45, 2.75) is 38.1 Å². The first-order valence-corrected chi connectivity index (χ1v) is 9.23. The largest absolute Gasteiger partial charge is 0.396 e. The molecule has 1 rings (SSSR count). The van der Waals surface area contributed by atoms with Gasteiger partial charge in [0.1, 0.15) is 0 Å². The topological polar surface area (TPSA) is 66.4 Å². The third-order valence-corrected chi connectivity index (χ3v) is 4.93. The van der Waals surface area contributed by atoms with Crippen LogP contribution in [0.25, 0.3) is 0 Å². The lowest BCUT2D eigenvalue weighted by Crippen LogP contribution is -2.29. The Morgan fingerprint density at radius 1 is 1.33 bits per heavy atom. The van der Waals surface area contributed by atoms with Crippen molar-refractivity contribution >= 4 is 21.4 Å². The molecule has 0 spiro atoms. The highest BCUT2D eigenvalue weighted by Gasteiger charge is 2.19. The number of hydrogen-bond acceptors (Lipinski definition) is 4. The van der Waals surface area contributed by atoms with E-state index in [9.17, 15) is 8.42 Å². The number of halogens is 1. The van der Waals surface area contributed by atoms with Gasteiger partial charge in [-0.15, -0.1) is 0 Å². The molecule has 0 aliphatic heterocycles. The van der Waals surface area contributed by atoms with E-state index >= 15 is 0 Å². The summed E-state index contributed by atoms with van der Waals surface area (Å²) in [7, 11) is -3.29. The van der Waals surface area contributed by atoms with E-state index in [1.165, 1.54) is 6.26 Å². The predicted molar refractivity (Wildman–Crippen MR) is 86.4 cm³/mol. The highest BCUT2D eigenvalue weighted by Crippen LogP contribution is 2.25. The van der Waals surface area contributed by atoms with Crippen molar-refractivity contribution in [3.8, 4) is 0 Å². The van der Waals surface area contributed by atoms with E-state index in [4.69, 9.17) is 16.7 Å². The molecule has 0 unspecified atom stereocenters. The maximum atomic E-state index is 11.8. The van der Waals surface area contributed by atoms with E-state index in [1.54, 1.807) is 18.2 Å². The molecule has 0 amide bonds. The molecule has 0 fully saturated rings. The number of sulfone groups is 1. The lowest BCUT2D eigenvalue weighted by atomic mass is 9.88. The van der Waals surface area contributed by atoms with Crippen LogP contribution in [-0.2, 0) is 16.4 Å². The molecule has 21 heavy (non-hydrogen) atoms. The van der Waals surface area contributed by atoms with E-state index in [1.807, 2.05) is 0 Å². The van der Waals surface area contributed by atoms with E-state index < -0.39 is 9.84 Å². The second-order valence-corrected chi connectivity index (χ2v) is 8.47. The minimum atomic E-state index is -3.29. The van der Waals surface area contributed by atoms with Gasteiger partial charge in [-0.3, -0.25) is 0 Å². The molecule has 0 heterocycles. The second kappa shape index (κ2) is 7.58. The Morgan fingerprint density at radius 2 is 2.00 bits per heavy atom. The molecule has 0 saturated carbocycles. The van der Waals surface area contributed by atoms with Gasteiger partial charge in [0.15, 0.2) is 9.84 Å². The summed E-state index contributed by atoms with van der Waals surface area (Å²) in [4.78, 5) is 0.274. The van der Waals surface area contributed by atoms with E-state index in [0.717, 1.165) is 19.4 Å². The van der Waals surface area contributed by atoms with Crippen LogP contribution in [0.4, 0.5) is 0 Å². The van der Waals surface area contributed by atoms with E-state index in [0.29, 0.717) is 17.1 Å². The van der Waals surface area contributed by atoms with Crippen molar-refractivity contribution in [3.63, 3.8) is 0 Å². The molecule has 0 radical (unpaired) electrons. The van der Waals surface area contributed by atoms with Crippen molar-refractivity contribution < 1.29 is 13.5 Å². The fourth-order valence-corrected chi connectivity index (χ4v) is 3.48. The lowest BCUT2D eigenvalue weighted by molar-refractivity contribution is 0.236. The van der Waals surface area contributed by atoms with Gasteiger partial charge in [0.2, 0.25) is 0 Å². The zero-order valence-corrected chi connectivity index (χ0v) is 14.4. The summed E-state index contributed by atoms with van der Waals surface area (Å²) in [5, 5.41) is 12.6. The Balaban J connectivity index is 2.77. The van der Waals surface area contributed by atoms with Crippen LogP contribution in [0, 0.1) is 5.41 Å². The smallest absolute Gasteiger partial charge is 0.175 e. The van der Waals surface area contributed by atoms with Gasteiger partial charge in [0.25, 0.3) is 0 Å². The van der Waals surface area contributed by atoms with Crippen LogP contribution in [0.5, 0.6) is 0 Å². The summed E-state index contributed by atoms with van der Waals surface area (Å²) in [6.45, 7) is 5.54. The summed E-state index contributed by atoms with van der Waals surface area (Å²) >= 11 is 6.13. The number of rotatable bonds is 8. The maximum absolute atomic E-state index is 11.8. The SMILES string of the molecule is CC(C)(CCCO)CNCc1c(Cl)cccc1S(C)(=O)=O. The molecule has 0 aliphatic carbocycles. The van der Waals surface area contributed by atoms with E-state index in [2.05, 4.69) is 19.2 Å². The van der Waals surface area contributed by atoms with Crippen molar-refractivity contribution in [2.24, 2.45) is 5.41 Å². The summed E-state index contributed by atoms with van der Waals surface area (Å²) in [6.07, 6.45) is 2.85. The zero-order chi connectivity index (χ0) is 16.1. The molecular weight excluding hydrogens is 310 g/mol. The normalized spacial score (nSPS) is 12.6. The van der Waals surface area contributed by atoms with Crippen molar-refractivity contribution in [1.29, 1.82) is 0 Å². The molecule has 0 aromatic heterocycles.